The predicted octanol–water partition coefficient (Wildman–Crippen LogP) is 0.486. The molecule has 3 amide bonds. The van der Waals surface area contributed by atoms with E-state index in [-0.39, 0.29) is 12.3 Å². The van der Waals surface area contributed by atoms with Crippen LogP contribution >= 0.6 is 0 Å². The summed E-state index contributed by atoms with van der Waals surface area (Å²) in [5.74, 6) is -3.09. The van der Waals surface area contributed by atoms with Crippen LogP contribution in [0.4, 0.5) is 4.39 Å². The van der Waals surface area contributed by atoms with Crippen molar-refractivity contribution in [3.8, 4) is 0 Å². The number of ether oxygens (including phenoxy) is 1. The minimum atomic E-state index is -2.14. The van der Waals surface area contributed by atoms with Crippen molar-refractivity contribution in [2.75, 3.05) is 32.8 Å². The standard InChI is InChI=1S/C17H28FN3O5/c1-2-3-5-12(14(18)15(22)19-25)16(23)21-7-4-6-13(21)17(24)20-8-10-26-11-9-20/h12-14,25H,2-11H2,1H3,(H,19,22)/t12-,13+,14+/m1/s1. The summed E-state index contributed by atoms with van der Waals surface area (Å²) < 4.78 is 19.7. The first-order valence-corrected chi connectivity index (χ1v) is 9.26. The first kappa shape index (κ1) is 20.6. The number of halogens is 1. The Hall–Kier alpha value is -1.74. The summed E-state index contributed by atoms with van der Waals surface area (Å²) in [6.45, 7) is 4.17. The van der Waals surface area contributed by atoms with Crippen molar-refractivity contribution < 1.29 is 28.7 Å². The third kappa shape index (κ3) is 4.70. The topological polar surface area (TPSA) is 99.2 Å². The quantitative estimate of drug-likeness (QED) is 0.500. The van der Waals surface area contributed by atoms with Crippen LogP contribution in [0.1, 0.15) is 39.0 Å². The van der Waals surface area contributed by atoms with Crippen molar-refractivity contribution >= 4 is 17.7 Å². The average Bonchev–Trinajstić information content (AvgIpc) is 3.17. The van der Waals surface area contributed by atoms with Crippen LogP contribution in [0.5, 0.6) is 0 Å². The number of unbranched alkanes of at least 4 members (excludes halogenated alkanes) is 1. The lowest BCUT2D eigenvalue weighted by molar-refractivity contribution is -0.152. The van der Waals surface area contributed by atoms with Crippen molar-refractivity contribution in [3.05, 3.63) is 0 Å². The Bertz CT molecular complexity index is 513. The molecule has 2 aliphatic heterocycles. The molecule has 0 aliphatic carbocycles. The molecule has 0 bridgehead atoms. The number of carbonyl (C=O) groups is 3. The Kier molecular flexibility index (Phi) is 7.77. The van der Waals surface area contributed by atoms with Crippen LogP contribution in [0.2, 0.25) is 0 Å². The molecule has 2 N–H and O–H groups in total. The normalized spacial score (nSPS) is 22.8. The van der Waals surface area contributed by atoms with Gasteiger partial charge in [0, 0.05) is 19.6 Å². The average molecular weight is 373 g/mol. The zero-order valence-corrected chi connectivity index (χ0v) is 15.2. The number of alkyl halides is 1. The molecule has 2 aliphatic rings. The molecule has 2 heterocycles. The first-order valence-electron chi connectivity index (χ1n) is 9.26. The van der Waals surface area contributed by atoms with Crippen LogP contribution in [0.25, 0.3) is 0 Å². The number of hydrogen-bond donors (Lipinski definition) is 2. The minimum Gasteiger partial charge on any atom is -0.378 e. The van der Waals surface area contributed by atoms with E-state index >= 15 is 0 Å². The Morgan fingerprint density at radius 3 is 2.58 bits per heavy atom. The molecule has 148 valence electrons. The fraction of sp³-hybridized carbons (Fsp3) is 0.824. The highest BCUT2D eigenvalue weighted by Crippen LogP contribution is 2.26. The fourth-order valence-corrected chi connectivity index (χ4v) is 3.56. The number of amides is 3. The van der Waals surface area contributed by atoms with Gasteiger partial charge in [0.1, 0.15) is 6.04 Å². The van der Waals surface area contributed by atoms with E-state index in [1.54, 1.807) is 4.90 Å². The van der Waals surface area contributed by atoms with E-state index in [4.69, 9.17) is 9.94 Å². The lowest BCUT2D eigenvalue weighted by Gasteiger charge is -2.34. The number of nitrogens with one attached hydrogen (secondary N) is 1. The van der Waals surface area contributed by atoms with Gasteiger partial charge in [0.15, 0.2) is 6.17 Å². The Morgan fingerprint density at radius 1 is 1.27 bits per heavy atom. The maximum absolute atomic E-state index is 14.4. The highest BCUT2D eigenvalue weighted by Gasteiger charge is 2.42. The second-order valence-electron chi connectivity index (χ2n) is 6.75. The van der Waals surface area contributed by atoms with Gasteiger partial charge in [-0.15, -0.1) is 0 Å². The maximum atomic E-state index is 14.4. The summed E-state index contributed by atoms with van der Waals surface area (Å²) in [7, 11) is 0. The van der Waals surface area contributed by atoms with E-state index in [1.165, 1.54) is 10.4 Å². The van der Waals surface area contributed by atoms with Gasteiger partial charge in [-0.25, -0.2) is 9.87 Å². The number of likely N-dealkylation sites (tertiary alicyclic amines) is 1. The van der Waals surface area contributed by atoms with E-state index < -0.39 is 29.9 Å². The highest BCUT2D eigenvalue weighted by molar-refractivity contribution is 5.92. The maximum Gasteiger partial charge on any atom is 0.278 e. The molecule has 0 saturated carbocycles. The molecule has 0 aromatic rings. The van der Waals surface area contributed by atoms with Crippen molar-refractivity contribution in [1.29, 1.82) is 0 Å². The molecule has 2 fully saturated rings. The monoisotopic (exact) mass is 373 g/mol. The van der Waals surface area contributed by atoms with Crippen LogP contribution < -0.4 is 5.48 Å². The second kappa shape index (κ2) is 9.82. The molecule has 3 atom stereocenters. The van der Waals surface area contributed by atoms with E-state index in [0.29, 0.717) is 52.1 Å². The van der Waals surface area contributed by atoms with Crippen molar-refractivity contribution in [1.82, 2.24) is 15.3 Å². The van der Waals surface area contributed by atoms with Gasteiger partial charge in [-0.1, -0.05) is 19.8 Å². The highest BCUT2D eigenvalue weighted by atomic mass is 19.1. The molecule has 9 heteroatoms. The molecule has 0 aromatic carbocycles. The van der Waals surface area contributed by atoms with Gasteiger partial charge in [0.05, 0.1) is 19.1 Å². The van der Waals surface area contributed by atoms with Crippen molar-refractivity contribution in [2.24, 2.45) is 5.92 Å². The first-order chi connectivity index (χ1) is 12.5. The Balaban J connectivity index is 2.11. The smallest absolute Gasteiger partial charge is 0.278 e. The van der Waals surface area contributed by atoms with Gasteiger partial charge in [-0.3, -0.25) is 19.6 Å². The van der Waals surface area contributed by atoms with Gasteiger partial charge in [-0.2, -0.15) is 0 Å². The van der Waals surface area contributed by atoms with Crippen LogP contribution in [0.15, 0.2) is 0 Å². The lowest BCUT2D eigenvalue weighted by Crippen LogP contribution is -2.53. The SMILES string of the molecule is CCCC[C@@H](C(=O)N1CCC[C@H]1C(=O)N1CCOCC1)[C@H](F)C(=O)NO. The van der Waals surface area contributed by atoms with Crippen molar-refractivity contribution in [3.63, 3.8) is 0 Å². The molecule has 0 radical (unpaired) electrons. The fourth-order valence-electron chi connectivity index (χ4n) is 3.56. The number of carbonyl (C=O) groups excluding carboxylic acids is 3. The third-order valence-electron chi connectivity index (χ3n) is 5.04. The van der Waals surface area contributed by atoms with Gasteiger partial charge in [0.2, 0.25) is 11.8 Å². The summed E-state index contributed by atoms with van der Waals surface area (Å²) in [5, 5.41) is 8.70. The van der Waals surface area contributed by atoms with Gasteiger partial charge < -0.3 is 14.5 Å². The van der Waals surface area contributed by atoms with Crippen LogP contribution in [-0.2, 0) is 19.1 Å². The molecule has 2 rings (SSSR count). The summed E-state index contributed by atoms with van der Waals surface area (Å²) in [5.41, 5.74) is 1.28. The van der Waals surface area contributed by atoms with Gasteiger partial charge >= 0.3 is 0 Å². The summed E-state index contributed by atoms with van der Waals surface area (Å²) in [6, 6.07) is -0.617. The Morgan fingerprint density at radius 2 is 1.96 bits per heavy atom. The number of hydrogen-bond acceptors (Lipinski definition) is 5. The number of hydroxylamine groups is 1. The largest absolute Gasteiger partial charge is 0.378 e. The molecule has 0 spiro atoms. The van der Waals surface area contributed by atoms with Gasteiger partial charge in [0.25, 0.3) is 5.91 Å². The second-order valence-corrected chi connectivity index (χ2v) is 6.75. The van der Waals surface area contributed by atoms with Crippen LogP contribution in [0.3, 0.4) is 0 Å². The molecule has 0 unspecified atom stereocenters. The molecular weight excluding hydrogens is 345 g/mol. The predicted molar refractivity (Wildman–Crippen MR) is 90.0 cm³/mol. The van der Waals surface area contributed by atoms with E-state index in [0.717, 1.165) is 6.42 Å². The number of nitrogens with zero attached hydrogens (tertiary/aromatic N) is 2. The molecule has 8 nitrogen and oxygen atoms in total. The zero-order chi connectivity index (χ0) is 19.1. The van der Waals surface area contributed by atoms with Crippen molar-refractivity contribution in [2.45, 2.75) is 51.2 Å². The van der Waals surface area contributed by atoms with Crippen LogP contribution in [-0.4, -0.2) is 77.8 Å². The molecule has 0 aromatic heterocycles. The zero-order valence-electron chi connectivity index (χ0n) is 15.2. The lowest BCUT2D eigenvalue weighted by atomic mass is 9.94. The third-order valence-corrected chi connectivity index (χ3v) is 5.04. The van der Waals surface area contributed by atoms with Gasteiger partial charge in [-0.05, 0) is 19.3 Å². The molecular formula is C17H28FN3O5. The van der Waals surface area contributed by atoms with E-state index in [2.05, 4.69) is 0 Å². The Labute approximate surface area is 152 Å². The molecule has 2 saturated heterocycles. The minimum absolute atomic E-state index is 0.143. The summed E-state index contributed by atoms with van der Waals surface area (Å²) in [6.07, 6.45) is 0.568. The summed E-state index contributed by atoms with van der Waals surface area (Å²) >= 11 is 0. The van der Waals surface area contributed by atoms with E-state index in [1.807, 2.05) is 6.92 Å². The summed E-state index contributed by atoms with van der Waals surface area (Å²) in [4.78, 5) is 40.3. The number of rotatable bonds is 7. The van der Waals surface area contributed by atoms with Crippen LogP contribution in [0, 0.1) is 5.92 Å². The number of morpholine rings is 1. The molecule has 26 heavy (non-hydrogen) atoms. The van der Waals surface area contributed by atoms with E-state index in [9.17, 15) is 18.8 Å².